The van der Waals surface area contributed by atoms with Crippen LogP contribution in [0.4, 0.5) is 0 Å². The zero-order chi connectivity index (χ0) is 15.4. The number of nitrogens with zero attached hydrogens (tertiary/aromatic N) is 1. The Morgan fingerprint density at radius 1 is 1.48 bits per heavy atom. The van der Waals surface area contributed by atoms with Crippen molar-refractivity contribution in [3.63, 3.8) is 0 Å². The Bertz CT molecular complexity index is 488. The summed E-state index contributed by atoms with van der Waals surface area (Å²) in [6.45, 7) is 4.94. The van der Waals surface area contributed by atoms with E-state index in [1.807, 2.05) is 16.3 Å². The standard InChI is InChI=1S/C15H24N2O2S2/c1-11(2)10-12-15(18)17(7-5-9-21(3)19)14(16-12)13-6-4-8-20-13/h4,6,8,11-12,14,16H,5,7,9-10H2,1-3H3. The fourth-order valence-corrected chi connectivity index (χ4v) is 4.01. The zero-order valence-corrected chi connectivity index (χ0v) is 14.5. The normalized spacial score (nSPS) is 24.0. The Kier molecular flexibility index (Phi) is 5.96. The molecule has 0 radical (unpaired) electrons. The molecule has 0 saturated carbocycles. The molecule has 1 amide bonds. The van der Waals surface area contributed by atoms with Gasteiger partial charge in [0.05, 0.1) is 6.04 Å². The van der Waals surface area contributed by atoms with Crippen molar-refractivity contribution in [3.8, 4) is 0 Å². The number of rotatable bonds is 7. The number of hydrogen-bond donors (Lipinski definition) is 1. The van der Waals surface area contributed by atoms with Crippen molar-refractivity contribution < 1.29 is 9.00 Å². The van der Waals surface area contributed by atoms with E-state index in [4.69, 9.17) is 0 Å². The summed E-state index contributed by atoms with van der Waals surface area (Å²) in [4.78, 5) is 15.7. The fraction of sp³-hybridized carbons (Fsp3) is 0.667. The summed E-state index contributed by atoms with van der Waals surface area (Å²) in [5.74, 6) is 1.32. The smallest absolute Gasteiger partial charge is 0.241 e. The predicted octanol–water partition coefficient (Wildman–Crippen LogP) is 2.36. The van der Waals surface area contributed by atoms with Crippen LogP contribution in [-0.4, -0.2) is 39.6 Å². The van der Waals surface area contributed by atoms with Crippen LogP contribution in [0.2, 0.25) is 0 Å². The highest BCUT2D eigenvalue weighted by Gasteiger charge is 2.39. The average Bonchev–Trinajstić information content (AvgIpc) is 3.00. The Hall–Kier alpha value is -0.720. The lowest BCUT2D eigenvalue weighted by Gasteiger charge is -2.23. The molecule has 2 heterocycles. The van der Waals surface area contributed by atoms with Gasteiger partial charge < -0.3 is 4.90 Å². The minimum Gasteiger partial charge on any atom is -0.321 e. The van der Waals surface area contributed by atoms with Gasteiger partial charge in [-0.1, -0.05) is 19.9 Å². The summed E-state index contributed by atoms with van der Waals surface area (Å²) in [5.41, 5.74) is 0. The molecule has 3 unspecified atom stereocenters. The van der Waals surface area contributed by atoms with Crippen LogP contribution < -0.4 is 5.32 Å². The third-order valence-electron chi connectivity index (χ3n) is 3.60. The number of nitrogens with one attached hydrogen (secondary N) is 1. The molecule has 1 aliphatic heterocycles. The molecule has 1 N–H and O–H groups in total. The molecule has 1 fully saturated rings. The van der Waals surface area contributed by atoms with Crippen molar-refractivity contribution in [2.24, 2.45) is 5.92 Å². The maximum absolute atomic E-state index is 12.6. The van der Waals surface area contributed by atoms with Gasteiger partial charge in [-0.05, 0) is 30.2 Å². The van der Waals surface area contributed by atoms with E-state index >= 15 is 0 Å². The lowest BCUT2D eigenvalue weighted by Crippen LogP contribution is -2.33. The summed E-state index contributed by atoms with van der Waals surface area (Å²) in [6.07, 6.45) is 3.33. The highest BCUT2D eigenvalue weighted by Crippen LogP contribution is 2.30. The van der Waals surface area contributed by atoms with Gasteiger partial charge in [0.15, 0.2) is 0 Å². The summed E-state index contributed by atoms with van der Waals surface area (Å²) in [5, 5.41) is 5.51. The van der Waals surface area contributed by atoms with Gasteiger partial charge in [-0.25, -0.2) is 0 Å². The maximum atomic E-state index is 12.6. The Labute approximate surface area is 133 Å². The Morgan fingerprint density at radius 2 is 2.24 bits per heavy atom. The first kappa shape index (κ1) is 16.6. The molecule has 0 aromatic carbocycles. The Morgan fingerprint density at radius 3 is 2.81 bits per heavy atom. The fourth-order valence-electron chi connectivity index (χ4n) is 2.68. The van der Waals surface area contributed by atoms with Crippen molar-refractivity contribution in [1.82, 2.24) is 10.2 Å². The van der Waals surface area contributed by atoms with Gasteiger partial charge in [0.2, 0.25) is 5.91 Å². The molecule has 1 aliphatic rings. The van der Waals surface area contributed by atoms with Crippen LogP contribution in [0.25, 0.3) is 0 Å². The molecule has 1 aromatic heterocycles. The van der Waals surface area contributed by atoms with Crippen molar-refractivity contribution in [1.29, 1.82) is 0 Å². The SMILES string of the molecule is CC(C)CC1NC(c2cccs2)N(CCCS(C)=O)C1=O. The molecule has 0 spiro atoms. The molecule has 21 heavy (non-hydrogen) atoms. The molecule has 3 atom stereocenters. The molecule has 6 heteroatoms. The van der Waals surface area contributed by atoms with Gasteiger partial charge in [-0.3, -0.25) is 14.3 Å². The van der Waals surface area contributed by atoms with E-state index in [2.05, 4.69) is 25.2 Å². The van der Waals surface area contributed by atoms with Crippen LogP contribution in [0.3, 0.4) is 0 Å². The first-order valence-corrected chi connectivity index (χ1v) is 9.99. The van der Waals surface area contributed by atoms with E-state index in [-0.39, 0.29) is 18.1 Å². The lowest BCUT2D eigenvalue weighted by molar-refractivity contribution is -0.130. The molecule has 0 bridgehead atoms. The second-order valence-corrected chi connectivity index (χ2v) is 8.46. The van der Waals surface area contributed by atoms with E-state index in [0.717, 1.165) is 12.8 Å². The lowest BCUT2D eigenvalue weighted by atomic mass is 10.0. The average molecular weight is 329 g/mol. The third kappa shape index (κ3) is 4.37. The van der Waals surface area contributed by atoms with Gasteiger partial charge in [0.1, 0.15) is 6.17 Å². The van der Waals surface area contributed by atoms with Crippen molar-refractivity contribution >= 4 is 28.0 Å². The second-order valence-electron chi connectivity index (χ2n) is 5.93. The van der Waals surface area contributed by atoms with Crippen LogP contribution in [-0.2, 0) is 15.6 Å². The van der Waals surface area contributed by atoms with Gasteiger partial charge in [-0.2, -0.15) is 0 Å². The molecular formula is C15H24N2O2S2. The largest absolute Gasteiger partial charge is 0.321 e. The first-order valence-electron chi connectivity index (χ1n) is 7.39. The monoisotopic (exact) mass is 328 g/mol. The van der Waals surface area contributed by atoms with Gasteiger partial charge in [-0.15, -0.1) is 11.3 Å². The summed E-state index contributed by atoms with van der Waals surface area (Å²) in [6, 6.07) is 3.99. The van der Waals surface area contributed by atoms with Gasteiger partial charge in [0.25, 0.3) is 0 Å². The van der Waals surface area contributed by atoms with Crippen molar-refractivity contribution in [2.45, 2.75) is 38.9 Å². The molecular weight excluding hydrogens is 304 g/mol. The zero-order valence-electron chi connectivity index (χ0n) is 12.9. The summed E-state index contributed by atoms with van der Waals surface area (Å²) < 4.78 is 11.2. The van der Waals surface area contributed by atoms with Crippen LogP contribution in [0, 0.1) is 5.92 Å². The number of thiophene rings is 1. The van der Waals surface area contributed by atoms with Gasteiger partial charge >= 0.3 is 0 Å². The minimum atomic E-state index is -0.798. The predicted molar refractivity (Wildman–Crippen MR) is 88.7 cm³/mol. The topological polar surface area (TPSA) is 49.4 Å². The van der Waals surface area contributed by atoms with Crippen LogP contribution >= 0.6 is 11.3 Å². The quantitative estimate of drug-likeness (QED) is 0.836. The number of carbonyl (C=O) groups is 1. The molecule has 1 aromatic rings. The third-order valence-corrected chi connectivity index (χ3v) is 5.39. The molecule has 118 valence electrons. The minimum absolute atomic E-state index is 0.0217. The van der Waals surface area contributed by atoms with E-state index < -0.39 is 10.8 Å². The van der Waals surface area contributed by atoms with E-state index in [1.165, 1.54) is 4.88 Å². The van der Waals surface area contributed by atoms with Gasteiger partial charge in [0, 0.05) is 34.2 Å². The molecule has 4 nitrogen and oxygen atoms in total. The van der Waals surface area contributed by atoms with Crippen molar-refractivity contribution in [2.75, 3.05) is 18.6 Å². The number of amides is 1. The number of carbonyl (C=O) groups excluding carboxylic acids is 1. The highest BCUT2D eigenvalue weighted by atomic mass is 32.2. The van der Waals surface area contributed by atoms with Crippen molar-refractivity contribution in [3.05, 3.63) is 22.4 Å². The molecule has 2 rings (SSSR count). The highest BCUT2D eigenvalue weighted by molar-refractivity contribution is 7.84. The summed E-state index contributed by atoms with van der Waals surface area (Å²) in [7, 11) is -0.798. The number of hydrogen-bond acceptors (Lipinski definition) is 4. The molecule has 0 aliphatic carbocycles. The van der Waals surface area contributed by atoms with E-state index in [1.54, 1.807) is 17.6 Å². The van der Waals surface area contributed by atoms with Crippen LogP contribution in [0.15, 0.2) is 17.5 Å². The van der Waals surface area contributed by atoms with Crippen LogP contribution in [0.1, 0.15) is 37.7 Å². The van der Waals surface area contributed by atoms with E-state index in [9.17, 15) is 9.00 Å². The maximum Gasteiger partial charge on any atom is 0.241 e. The summed E-state index contributed by atoms with van der Waals surface area (Å²) >= 11 is 1.67. The van der Waals surface area contributed by atoms with E-state index in [0.29, 0.717) is 18.2 Å². The molecule has 1 saturated heterocycles. The second kappa shape index (κ2) is 7.51. The Balaban J connectivity index is 2.08. The van der Waals surface area contributed by atoms with Crippen LogP contribution in [0.5, 0.6) is 0 Å². The first-order chi connectivity index (χ1) is 9.99.